The molecule has 3 N–H and O–H groups in total. The molecule has 2 fully saturated rings. The second-order valence-electron chi connectivity index (χ2n) is 15.5. The van der Waals surface area contributed by atoms with Crippen LogP contribution in [0.3, 0.4) is 0 Å². The van der Waals surface area contributed by atoms with Crippen molar-refractivity contribution in [3.8, 4) is 17.6 Å². The molecule has 0 saturated carbocycles. The fraction of sp³-hybridized carbons (Fsp3) is 0.375. The number of aromatic carboxylic acids is 1. The van der Waals surface area contributed by atoms with Gasteiger partial charge in [0.15, 0.2) is 0 Å². The van der Waals surface area contributed by atoms with E-state index in [1.165, 1.54) is 40.7 Å². The Balaban J connectivity index is 0.000000179. The first-order chi connectivity index (χ1) is 28.9. The number of piperazine rings is 2. The summed E-state index contributed by atoms with van der Waals surface area (Å²) in [5.74, 6) is 0.948. The van der Waals surface area contributed by atoms with Gasteiger partial charge in [0.25, 0.3) is 0 Å². The van der Waals surface area contributed by atoms with Gasteiger partial charge >= 0.3 is 5.97 Å². The number of nitrogens with one attached hydrogen (secondary N) is 2. The Kier molecular flexibility index (Phi) is 14.1. The molecule has 0 bridgehead atoms. The van der Waals surface area contributed by atoms with E-state index in [0.29, 0.717) is 5.56 Å². The number of fused-ring (bicyclic) bond motifs is 2. The van der Waals surface area contributed by atoms with Crippen molar-refractivity contribution in [2.75, 3.05) is 89.5 Å². The van der Waals surface area contributed by atoms with E-state index in [1.807, 2.05) is 48.7 Å². The van der Waals surface area contributed by atoms with Crippen LogP contribution in [-0.2, 0) is 12.8 Å². The lowest BCUT2D eigenvalue weighted by molar-refractivity contribution is 0.0697. The van der Waals surface area contributed by atoms with Gasteiger partial charge in [-0.2, -0.15) is 5.26 Å². The van der Waals surface area contributed by atoms with E-state index >= 15 is 0 Å². The van der Waals surface area contributed by atoms with Crippen molar-refractivity contribution in [3.05, 3.63) is 120 Å². The van der Waals surface area contributed by atoms with Crippen molar-refractivity contribution in [3.63, 3.8) is 0 Å². The van der Waals surface area contributed by atoms with Crippen molar-refractivity contribution in [2.45, 2.75) is 38.5 Å². The maximum Gasteiger partial charge on any atom is 0.335 e. The molecule has 4 aromatic carbocycles. The van der Waals surface area contributed by atoms with Gasteiger partial charge in [0.2, 0.25) is 0 Å². The molecule has 0 radical (unpaired) electrons. The third-order valence-electron chi connectivity index (χ3n) is 11.8. The van der Waals surface area contributed by atoms with E-state index in [2.05, 4.69) is 72.2 Å². The van der Waals surface area contributed by atoms with Gasteiger partial charge in [0.1, 0.15) is 11.5 Å². The van der Waals surface area contributed by atoms with Gasteiger partial charge in [-0.05, 0) is 123 Å². The van der Waals surface area contributed by atoms with Crippen LogP contribution in [0.15, 0.2) is 97.3 Å². The van der Waals surface area contributed by atoms with E-state index in [9.17, 15) is 9.90 Å². The van der Waals surface area contributed by atoms with Crippen LogP contribution in [0, 0.1) is 11.3 Å². The van der Waals surface area contributed by atoms with Crippen LogP contribution in [0.25, 0.3) is 21.8 Å². The van der Waals surface area contributed by atoms with Crippen LogP contribution in [0.2, 0.25) is 0 Å². The second kappa shape index (κ2) is 20.1. The maximum absolute atomic E-state index is 11.2. The first kappa shape index (κ1) is 41.2. The molecular weight excluding hydrogens is 739 g/mol. The Hall–Kier alpha value is -5.96. The number of anilines is 2. The molecule has 308 valence electrons. The number of carboxylic acid groups (broad SMARTS) is 1. The van der Waals surface area contributed by atoms with Gasteiger partial charge in [-0.3, -0.25) is 9.80 Å². The number of nitrogens with zero attached hydrogens (tertiary/aromatic N) is 5. The average molecular weight is 796 g/mol. The molecule has 0 spiro atoms. The van der Waals surface area contributed by atoms with Crippen molar-refractivity contribution in [1.29, 1.82) is 5.26 Å². The molecule has 8 rings (SSSR count). The topological polar surface area (TPSA) is 124 Å². The van der Waals surface area contributed by atoms with Crippen LogP contribution in [-0.4, -0.2) is 111 Å². The molecule has 0 atom stereocenters. The SMILES string of the molecule is COc1cccc(N2CCN(CCCCc3c[nH]c4ccc(C#N)cc34)CC2)c1.COc1cccc(N2CCN(CCCCc3c[nH]c4ccc(C(=O)O)cc34)CC2)c1. The standard InChI is InChI=1S/C24H28N4O.C24H29N3O3/c1-29-22-7-4-6-21(16-22)28-13-11-27(12-14-28)10-3-2-5-20-18-26-24-9-8-19(17-25)15-23(20)24;1-30-21-7-4-6-20(16-21)27-13-11-26(12-14-27)10-3-2-5-19-17-25-23-9-8-18(24(28)29)15-22(19)23/h4,6-9,15-16,18,26H,2-3,5,10-14H2,1H3;4,6-9,15-17,25H,2-3,5,10-14H2,1H3,(H,28,29). The summed E-state index contributed by atoms with van der Waals surface area (Å²) in [5.41, 5.74) is 8.20. The summed E-state index contributed by atoms with van der Waals surface area (Å²) in [6.45, 7) is 10.8. The summed E-state index contributed by atoms with van der Waals surface area (Å²) < 4.78 is 10.7. The number of benzene rings is 4. The monoisotopic (exact) mass is 795 g/mol. The molecular formula is C48H57N7O4. The minimum Gasteiger partial charge on any atom is -0.497 e. The Bertz CT molecular complexity index is 2330. The minimum atomic E-state index is -0.878. The number of carbonyl (C=O) groups is 1. The second-order valence-corrected chi connectivity index (χ2v) is 15.5. The van der Waals surface area contributed by atoms with Crippen LogP contribution >= 0.6 is 0 Å². The number of aromatic nitrogens is 2. The quantitative estimate of drug-likeness (QED) is 0.0883. The summed E-state index contributed by atoms with van der Waals surface area (Å²) in [4.78, 5) is 27.8. The third kappa shape index (κ3) is 10.8. The van der Waals surface area contributed by atoms with Gasteiger partial charge in [-0.15, -0.1) is 0 Å². The van der Waals surface area contributed by atoms with E-state index < -0.39 is 5.97 Å². The van der Waals surface area contributed by atoms with E-state index in [0.717, 1.165) is 125 Å². The zero-order valence-corrected chi connectivity index (χ0v) is 34.5. The largest absolute Gasteiger partial charge is 0.497 e. The first-order valence-electron chi connectivity index (χ1n) is 21.0. The van der Waals surface area contributed by atoms with Crippen LogP contribution < -0.4 is 19.3 Å². The summed E-state index contributed by atoms with van der Waals surface area (Å²) in [6.07, 6.45) is 10.7. The van der Waals surface area contributed by atoms with Crippen molar-refractivity contribution >= 4 is 39.1 Å². The van der Waals surface area contributed by atoms with Crippen molar-refractivity contribution in [2.24, 2.45) is 0 Å². The van der Waals surface area contributed by atoms with Crippen molar-refractivity contribution < 1.29 is 19.4 Å². The Morgan fingerprint density at radius 2 is 1.14 bits per heavy atom. The zero-order valence-electron chi connectivity index (χ0n) is 34.5. The van der Waals surface area contributed by atoms with Gasteiger partial charge in [0, 0.05) is 110 Å². The van der Waals surface area contributed by atoms with E-state index in [1.54, 1.807) is 26.4 Å². The molecule has 2 aliphatic heterocycles. The highest BCUT2D eigenvalue weighted by molar-refractivity contribution is 5.94. The molecule has 2 aromatic heterocycles. The number of nitriles is 1. The normalized spacial score (nSPS) is 14.9. The molecule has 0 unspecified atom stereocenters. The molecule has 4 heterocycles. The Labute approximate surface area is 347 Å². The van der Waals surface area contributed by atoms with E-state index in [-0.39, 0.29) is 0 Å². The summed E-state index contributed by atoms with van der Waals surface area (Å²) in [7, 11) is 3.42. The molecule has 11 heteroatoms. The molecule has 59 heavy (non-hydrogen) atoms. The number of rotatable bonds is 15. The number of ether oxygens (including phenoxy) is 2. The molecule has 6 aromatic rings. The van der Waals surface area contributed by atoms with Crippen LogP contribution in [0.5, 0.6) is 11.5 Å². The number of carboxylic acids is 1. The van der Waals surface area contributed by atoms with Gasteiger partial charge in [0.05, 0.1) is 31.4 Å². The van der Waals surface area contributed by atoms with Crippen LogP contribution in [0.1, 0.15) is 52.7 Å². The predicted octanol–water partition coefficient (Wildman–Crippen LogP) is 8.21. The van der Waals surface area contributed by atoms with Gasteiger partial charge in [-0.1, -0.05) is 12.1 Å². The van der Waals surface area contributed by atoms with E-state index in [4.69, 9.17) is 14.7 Å². The summed E-state index contributed by atoms with van der Waals surface area (Å²) in [6, 6.07) is 30.0. The number of aryl methyl sites for hydroxylation is 2. The number of hydrogen-bond acceptors (Lipinski definition) is 8. The highest BCUT2D eigenvalue weighted by atomic mass is 16.5. The smallest absolute Gasteiger partial charge is 0.335 e. The van der Waals surface area contributed by atoms with Crippen molar-refractivity contribution in [1.82, 2.24) is 19.8 Å². The predicted molar refractivity (Wildman–Crippen MR) is 237 cm³/mol. The highest BCUT2D eigenvalue weighted by Crippen LogP contribution is 2.26. The molecule has 11 nitrogen and oxygen atoms in total. The molecule has 2 aliphatic rings. The fourth-order valence-corrected chi connectivity index (χ4v) is 8.35. The highest BCUT2D eigenvalue weighted by Gasteiger charge is 2.19. The van der Waals surface area contributed by atoms with Gasteiger partial charge < -0.3 is 34.3 Å². The first-order valence-corrected chi connectivity index (χ1v) is 21.0. The lowest BCUT2D eigenvalue weighted by Gasteiger charge is -2.36. The fourth-order valence-electron chi connectivity index (χ4n) is 8.35. The molecule has 0 amide bonds. The number of aromatic amines is 2. The number of unbranched alkanes of at least 4 members (excludes halogenated alkanes) is 2. The number of hydrogen-bond donors (Lipinski definition) is 3. The van der Waals surface area contributed by atoms with Crippen LogP contribution in [0.4, 0.5) is 11.4 Å². The minimum absolute atomic E-state index is 0.345. The Morgan fingerprint density at radius 1 is 0.644 bits per heavy atom. The lowest BCUT2D eigenvalue weighted by atomic mass is 10.0. The van der Waals surface area contributed by atoms with Gasteiger partial charge in [-0.25, -0.2) is 4.79 Å². The summed E-state index contributed by atoms with van der Waals surface area (Å²) >= 11 is 0. The lowest BCUT2D eigenvalue weighted by Crippen LogP contribution is -2.46. The Morgan fingerprint density at radius 3 is 1.61 bits per heavy atom. The summed E-state index contributed by atoms with van der Waals surface area (Å²) in [5, 5.41) is 20.6. The number of methoxy groups -OCH3 is 2. The zero-order chi connectivity index (χ0) is 41.0. The maximum atomic E-state index is 11.2. The third-order valence-corrected chi connectivity index (χ3v) is 11.8. The number of H-pyrrole nitrogens is 2. The molecule has 2 saturated heterocycles. The molecule has 0 aliphatic carbocycles. The average Bonchev–Trinajstić information content (AvgIpc) is 3.90.